The zero-order valence-electron chi connectivity index (χ0n) is 18.0. The largest absolute Gasteiger partial charge is 0.493 e. The number of amides is 2. The summed E-state index contributed by atoms with van der Waals surface area (Å²) in [5, 5.41) is 7.46. The molecule has 166 valence electrons. The van der Waals surface area contributed by atoms with Crippen molar-refractivity contribution in [1.82, 2.24) is 10.6 Å². The van der Waals surface area contributed by atoms with Crippen molar-refractivity contribution in [1.29, 1.82) is 0 Å². The van der Waals surface area contributed by atoms with Gasteiger partial charge in [-0.2, -0.15) is 0 Å². The van der Waals surface area contributed by atoms with E-state index in [1.54, 1.807) is 42.5 Å². The zero-order chi connectivity index (χ0) is 22.9. The van der Waals surface area contributed by atoms with Gasteiger partial charge < -0.3 is 24.8 Å². The Labute approximate surface area is 190 Å². The van der Waals surface area contributed by atoms with Crippen LogP contribution >= 0.6 is 11.3 Å². The number of hydrogen-bond donors (Lipinski definition) is 2. The third-order valence-electron chi connectivity index (χ3n) is 4.54. The van der Waals surface area contributed by atoms with Gasteiger partial charge in [-0.05, 0) is 47.4 Å². The highest BCUT2D eigenvalue weighted by Gasteiger charge is 2.17. The average Bonchev–Trinajstić information content (AvgIpc) is 3.34. The molecule has 0 aliphatic rings. The van der Waals surface area contributed by atoms with Gasteiger partial charge in [0.15, 0.2) is 11.5 Å². The molecular weight excluding hydrogens is 428 g/mol. The lowest BCUT2D eigenvalue weighted by atomic mass is 10.1. The molecular formula is C24H24N2O5S. The Morgan fingerprint density at radius 2 is 1.62 bits per heavy atom. The quantitative estimate of drug-likeness (QED) is 0.482. The van der Waals surface area contributed by atoms with Crippen LogP contribution in [0.25, 0.3) is 6.08 Å². The molecule has 0 aliphatic carbocycles. The Bertz CT molecular complexity index is 1070. The van der Waals surface area contributed by atoms with Crippen LogP contribution in [0, 0.1) is 0 Å². The lowest BCUT2D eigenvalue weighted by Crippen LogP contribution is -2.34. The number of nitrogens with one attached hydrogen (secondary N) is 2. The highest BCUT2D eigenvalue weighted by molar-refractivity contribution is 7.10. The van der Waals surface area contributed by atoms with E-state index in [-0.39, 0.29) is 18.1 Å². The fourth-order valence-corrected chi connectivity index (χ4v) is 3.63. The number of benzene rings is 2. The van der Waals surface area contributed by atoms with Gasteiger partial charge in [0.1, 0.15) is 5.70 Å². The molecule has 2 N–H and O–H groups in total. The summed E-state index contributed by atoms with van der Waals surface area (Å²) in [6, 6.07) is 16.0. The molecule has 3 rings (SSSR count). The summed E-state index contributed by atoms with van der Waals surface area (Å²) in [5.74, 6) is 0.664. The summed E-state index contributed by atoms with van der Waals surface area (Å²) < 4.78 is 16.1. The highest BCUT2D eigenvalue weighted by atomic mass is 32.1. The first kappa shape index (κ1) is 22.9. The van der Waals surface area contributed by atoms with Gasteiger partial charge in [0.2, 0.25) is 5.75 Å². The van der Waals surface area contributed by atoms with Crippen LogP contribution in [0.2, 0.25) is 0 Å². The van der Waals surface area contributed by atoms with Gasteiger partial charge in [0.25, 0.3) is 11.8 Å². The fourth-order valence-electron chi connectivity index (χ4n) is 2.97. The Hall–Kier alpha value is -3.78. The third kappa shape index (κ3) is 5.67. The van der Waals surface area contributed by atoms with Crippen LogP contribution in [0.1, 0.15) is 20.8 Å². The lowest BCUT2D eigenvalue weighted by molar-refractivity contribution is -0.117. The minimum atomic E-state index is -0.420. The smallest absolute Gasteiger partial charge is 0.268 e. The first-order valence-corrected chi connectivity index (χ1v) is 10.6. The lowest BCUT2D eigenvalue weighted by Gasteiger charge is -2.15. The number of carbonyl (C=O) groups is 2. The molecule has 1 heterocycles. The number of ether oxygens (including phenoxy) is 3. The second-order valence-corrected chi connectivity index (χ2v) is 7.59. The monoisotopic (exact) mass is 452 g/mol. The Morgan fingerprint density at radius 3 is 2.19 bits per heavy atom. The van der Waals surface area contributed by atoms with Gasteiger partial charge in [0, 0.05) is 17.0 Å². The minimum Gasteiger partial charge on any atom is -0.493 e. The number of hydrogen-bond acceptors (Lipinski definition) is 6. The molecule has 0 saturated carbocycles. The van der Waals surface area contributed by atoms with Gasteiger partial charge in [-0.15, -0.1) is 11.3 Å². The van der Waals surface area contributed by atoms with E-state index >= 15 is 0 Å². The summed E-state index contributed by atoms with van der Waals surface area (Å²) in [4.78, 5) is 26.4. The van der Waals surface area contributed by atoms with Gasteiger partial charge in [0.05, 0.1) is 21.3 Å². The van der Waals surface area contributed by atoms with E-state index in [0.29, 0.717) is 22.8 Å². The molecule has 0 aliphatic heterocycles. The van der Waals surface area contributed by atoms with E-state index in [0.717, 1.165) is 10.4 Å². The molecule has 0 saturated heterocycles. The van der Waals surface area contributed by atoms with E-state index in [1.807, 2.05) is 23.6 Å². The minimum absolute atomic E-state index is 0.147. The Morgan fingerprint density at radius 1 is 0.938 bits per heavy atom. The van der Waals surface area contributed by atoms with E-state index in [2.05, 4.69) is 10.6 Å². The summed E-state index contributed by atoms with van der Waals surface area (Å²) in [7, 11) is 4.58. The molecule has 0 spiro atoms. The highest BCUT2D eigenvalue weighted by Crippen LogP contribution is 2.38. The maximum Gasteiger partial charge on any atom is 0.268 e. The molecule has 3 aromatic rings. The number of methoxy groups -OCH3 is 3. The van der Waals surface area contributed by atoms with Crippen LogP contribution in [0.15, 0.2) is 65.7 Å². The maximum absolute atomic E-state index is 13.0. The maximum atomic E-state index is 13.0. The summed E-state index contributed by atoms with van der Waals surface area (Å²) in [5.41, 5.74) is 1.36. The van der Waals surface area contributed by atoms with Crippen LogP contribution in [0.3, 0.4) is 0 Å². The first-order chi connectivity index (χ1) is 15.5. The second kappa shape index (κ2) is 11.0. The van der Waals surface area contributed by atoms with Gasteiger partial charge in [-0.25, -0.2) is 0 Å². The first-order valence-electron chi connectivity index (χ1n) is 9.74. The predicted molar refractivity (Wildman–Crippen MR) is 124 cm³/mol. The van der Waals surface area contributed by atoms with Crippen LogP contribution < -0.4 is 24.8 Å². The molecule has 0 bridgehead atoms. The summed E-state index contributed by atoms with van der Waals surface area (Å²) in [6.07, 6.45) is 1.65. The van der Waals surface area contributed by atoms with E-state index < -0.39 is 5.91 Å². The molecule has 0 radical (unpaired) electrons. The van der Waals surface area contributed by atoms with Crippen molar-refractivity contribution >= 4 is 29.2 Å². The summed E-state index contributed by atoms with van der Waals surface area (Å²) in [6.45, 7) is 0.193. The normalized spacial score (nSPS) is 10.9. The van der Waals surface area contributed by atoms with E-state index in [1.165, 1.54) is 32.7 Å². The molecule has 8 heteroatoms. The van der Waals surface area contributed by atoms with E-state index in [4.69, 9.17) is 14.2 Å². The molecule has 0 fully saturated rings. The van der Waals surface area contributed by atoms with Crippen molar-refractivity contribution in [3.05, 3.63) is 81.7 Å². The second-order valence-electron chi connectivity index (χ2n) is 6.61. The number of thiophene rings is 1. The van der Waals surface area contributed by atoms with Crippen molar-refractivity contribution in [2.24, 2.45) is 0 Å². The molecule has 7 nitrogen and oxygen atoms in total. The Kier molecular flexibility index (Phi) is 7.88. The van der Waals surface area contributed by atoms with Crippen molar-refractivity contribution < 1.29 is 23.8 Å². The zero-order valence-corrected chi connectivity index (χ0v) is 18.8. The van der Waals surface area contributed by atoms with Gasteiger partial charge in [-0.1, -0.05) is 24.3 Å². The van der Waals surface area contributed by atoms with Gasteiger partial charge in [-0.3, -0.25) is 9.59 Å². The number of rotatable bonds is 9. The fraction of sp³-hybridized carbons (Fsp3) is 0.167. The molecule has 2 amide bonds. The Balaban J connectivity index is 1.79. The SMILES string of the molecule is COc1cc(CNC(=O)/C(=C/c2cccs2)NC(=O)c2ccccc2)cc(OC)c1OC. The molecule has 2 aromatic carbocycles. The van der Waals surface area contributed by atoms with Crippen molar-refractivity contribution in [2.75, 3.05) is 21.3 Å². The molecule has 1 aromatic heterocycles. The third-order valence-corrected chi connectivity index (χ3v) is 5.36. The van der Waals surface area contributed by atoms with Crippen LogP contribution in [0.4, 0.5) is 0 Å². The predicted octanol–water partition coefficient (Wildman–Crippen LogP) is 3.86. The van der Waals surface area contributed by atoms with Crippen molar-refractivity contribution in [2.45, 2.75) is 6.54 Å². The van der Waals surface area contributed by atoms with Crippen molar-refractivity contribution in [3.8, 4) is 17.2 Å². The number of carbonyl (C=O) groups excluding carboxylic acids is 2. The topological polar surface area (TPSA) is 85.9 Å². The van der Waals surface area contributed by atoms with Crippen LogP contribution in [0.5, 0.6) is 17.2 Å². The van der Waals surface area contributed by atoms with Crippen LogP contribution in [-0.2, 0) is 11.3 Å². The molecule has 0 unspecified atom stereocenters. The standard InChI is InChI=1S/C24H24N2O5S/c1-29-20-12-16(13-21(30-2)22(20)31-3)15-25-24(28)19(14-18-10-7-11-32-18)26-23(27)17-8-5-4-6-9-17/h4-14H,15H2,1-3H3,(H,25,28)(H,26,27)/b19-14-. The van der Waals surface area contributed by atoms with Gasteiger partial charge >= 0.3 is 0 Å². The summed E-state index contributed by atoms with van der Waals surface area (Å²) >= 11 is 1.47. The average molecular weight is 453 g/mol. The van der Waals surface area contributed by atoms with Crippen LogP contribution in [-0.4, -0.2) is 33.1 Å². The van der Waals surface area contributed by atoms with Crippen molar-refractivity contribution in [3.63, 3.8) is 0 Å². The molecule has 0 atom stereocenters. The molecule has 32 heavy (non-hydrogen) atoms. The van der Waals surface area contributed by atoms with E-state index in [9.17, 15) is 9.59 Å².